The van der Waals surface area contributed by atoms with E-state index in [2.05, 4.69) is 0 Å². The first-order valence-electron chi connectivity index (χ1n) is 5.54. The van der Waals surface area contributed by atoms with Gasteiger partial charge in [-0.15, -0.1) is 5.06 Å². The molecule has 0 atom stereocenters. The van der Waals surface area contributed by atoms with Crippen molar-refractivity contribution in [3.8, 4) is 0 Å². The molecule has 18 heavy (non-hydrogen) atoms. The Morgan fingerprint density at radius 2 is 1.78 bits per heavy atom. The summed E-state index contributed by atoms with van der Waals surface area (Å²) in [5, 5.41) is 10.5. The van der Waals surface area contributed by atoms with Crippen molar-refractivity contribution in [1.29, 1.82) is 0 Å². The van der Waals surface area contributed by atoms with E-state index in [0.717, 1.165) is 0 Å². The molecule has 0 spiro atoms. The Hall–Kier alpha value is -1.88. The van der Waals surface area contributed by atoms with E-state index in [1.54, 1.807) is 45.0 Å². The number of aliphatic hydroxyl groups is 1. The van der Waals surface area contributed by atoms with Crippen LogP contribution in [-0.2, 0) is 9.63 Å². The fourth-order valence-corrected chi connectivity index (χ4v) is 1.48. The number of hydroxylamine groups is 2. The van der Waals surface area contributed by atoms with Crippen LogP contribution in [0.15, 0.2) is 24.3 Å². The van der Waals surface area contributed by atoms with Gasteiger partial charge in [-0.3, -0.25) is 4.79 Å². The van der Waals surface area contributed by atoms with Crippen LogP contribution in [0.3, 0.4) is 0 Å². The minimum atomic E-state index is -0.755. The number of benzene rings is 1. The molecule has 0 aromatic heterocycles. The molecule has 1 aromatic carbocycles. The van der Waals surface area contributed by atoms with E-state index in [9.17, 15) is 14.7 Å². The van der Waals surface area contributed by atoms with E-state index in [-0.39, 0.29) is 6.23 Å². The highest BCUT2D eigenvalue weighted by Crippen LogP contribution is 2.31. The van der Waals surface area contributed by atoms with Crippen LogP contribution in [0.2, 0.25) is 0 Å². The molecule has 0 aliphatic carbocycles. The summed E-state index contributed by atoms with van der Waals surface area (Å²) >= 11 is 0. The zero-order chi connectivity index (χ0) is 13.5. The van der Waals surface area contributed by atoms with E-state index < -0.39 is 17.3 Å². The lowest BCUT2D eigenvalue weighted by atomic mass is 9.98. The van der Waals surface area contributed by atoms with Crippen molar-refractivity contribution in [2.75, 3.05) is 0 Å². The number of carbonyl (C=O) groups excluding carboxylic acids is 2. The monoisotopic (exact) mass is 248 g/mol. The lowest BCUT2D eigenvalue weighted by molar-refractivity contribution is -0.192. The molecule has 5 nitrogen and oxygen atoms in total. The summed E-state index contributed by atoms with van der Waals surface area (Å²) in [6.07, 6.45) is -0.354. The Labute approximate surface area is 105 Å². The Kier molecular flexibility index (Phi) is 2.86. The van der Waals surface area contributed by atoms with Gasteiger partial charge in [-0.1, -0.05) is 18.2 Å². The molecule has 2 rings (SSSR count). The molecule has 1 aliphatic heterocycles. The van der Waals surface area contributed by atoms with E-state index in [1.807, 2.05) is 0 Å². The van der Waals surface area contributed by atoms with Crippen molar-refractivity contribution in [1.82, 2.24) is 5.06 Å². The summed E-state index contributed by atoms with van der Waals surface area (Å²) < 4.78 is 0. The normalized spacial score (nSPS) is 15.8. The fraction of sp³-hybridized carbons (Fsp3) is 0.308. The first kappa shape index (κ1) is 12.6. The lowest BCUT2D eigenvalue weighted by Gasteiger charge is -2.22. The third-order valence-corrected chi connectivity index (χ3v) is 2.56. The fourth-order valence-electron chi connectivity index (χ4n) is 1.48. The third-order valence-electron chi connectivity index (χ3n) is 2.56. The molecule has 95 valence electrons. The summed E-state index contributed by atoms with van der Waals surface area (Å²) in [5.74, 6) is -1.13. The smallest absolute Gasteiger partial charge is 0.337 e. The summed E-state index contributed by atoms with van der Waals surface area (Å²) in [5.41, 5.74) is -0.0732. The molecule has 1 aromatic rings. The largest absolute Gasteiger partial charge is 0.360 e. The minimum Gasteiger partial charge on any atom is -0.360 e. The van der Waals surface area contributed by atoms with E-state index in [4.69, 9.17) is 4.84 Å². The Morgan fingerprint density at radius 1 is 1.22 bits per heavy atom. The minimum absolute atomic E-state index is 0.316. The van der Waals surface area contributed by atoms with E-state index in [1.165, 1.54) is 0 Å². The second-order valence-corrected chi connectivity index (χ2v) is 5.10. The Morgan fingerprint density at radius 3 is 2.28 bits per heavy atom. The second kappa shape index (κ2) is 4.10. The first-order chi connectivity index (χ1) is 8.32. The maximum absolute atomic E-state index is 11.9. The second-order valence-electron chi connectivity index (χ2n) is 5.10. The topological polar surface area (TPSA) is 66.8 Å². The van der Waals surface area contributed by atoms with E-state index in [0.29, 0.717) is 16.2 Å². The van der Waals surface area contributed by atoms with Crippen molar-refractivity contribution in [2.24, 2.45) is 5.41 Å². The molecule has 1 aliphatic rings. The maximum Gasteiger partial charge on any atom is 0.337 e. The molecule has 0 saturated heterocycles. The molecule has 1 radical (unpaired) electrons. The van der Waals surface area contributed by atoms with Crippen LogP contribution in [0.4, 0.5) is 0 Å². The zero-order valence-corrected chi connectivity index (χ0v) is 10.4. The highest BCUT2D eigenvalue weighted by Gasteiger charge is 2.41. The van der Waals surface area contributed by atoms with Crippen LogP contribution in [0.25, 0.3) is 0 Å². The van der Waals surface area contributed by atoms with Crippen LogP contribution in [0, 0.1) is 11.6 Å². The number of carbonyl (C=O) groups is 2. The molecule has 1 heterocycles. The summed E-state index contributed by atoms with van der Waals surface area (Å²) in [4.78, 5) is 28.6. The van der Waals surface area contributed by atoms with Crippen molar-refractivity contribution in [3.63, 3.8) is 0 Å². The van der Waals surface area contributed by atoms with Gasteiger partial charge in [0, 0.05) is 5.56 Å². The molecule has 1 N–H and O–H groups in total. The van der Waals surface area contributed by atoms with Gasteiger partial charge in [-0.25, -0.2) is 4.79 Å². The number of rotatable bonds is 1. The van der Waals surface area contributed by atoms with Crippen LogP contribution >= 0.6 is 0 Å². The van der Waals surface area contributed by atoms with Crippen molar-refractivity contribution >= 4 is 11.9 Å². The number of fused-ring (bicyclic) bond motifs is 1. The third kappa shape index (κ3) is 1.97. The predicted molar refractivity (Wildman–Crippen MR) is 62.4 cm³/mol. The van der Waals surface area contributed by atoms with E-state index >= 15 is 0 Å². The van der Waals surface area contributed by atoms with Gasteiger partial charge in [0.2, 0.25) is 0 Å². The SMILES string of the molecule is CC(C)(C)C(=O)ON1[C](O)c2ccccc2C1=O. The molecular formula is C13H14NO4. The van der Waals surface area contributed by atoms with Gasteiger partial charge in [0.05, 0.1) is 11.0 Å². The standard InChI is InChI=1S/C13H14NO4/c1-13(2,3)12(17)18-14-10(15)8-6-4-5-7-9(8)11(14)16/h4-7,15H,1-3H3. The molecule has 0 bridgehead atoms. The highest BCUT2D eigenvalue weighted by molar-refractivity contribution is 6.00. The van der Waals surface area contributed by atoms with Crippen LogP contribution in [0.5, 0.6) is 0 Å². The summed E-state index contributed by atoms with van der Waals surface area (Å²) in [6, 6.07) is 6.53. The van der Waals surface area contributed by atoms with Gasteiger partial charge in [-0.05, 0) is 26.8 Å². The molecule has 0 fully saturated rings. The van der Waals surface area contributed by atoms with Gasteiger partial charge in [0.1, 0.15) is 0 Å². The van der Waals surface area contributed by atoms with Crippen LogP contribution in [0.1, 0.15) is 36.7 Å². The van der Waals surface area contributed by atoms with Crippen LogP contribution in [-0.4, -0.2) is 22.0 Å². The quantitative estimate of drug-likeness (QED) is 0.823. The number of amides is 1. The summed E-state index contributed by atoms with van der Waals surface area (Å²) in [7, 11) is 0. The molecule has 5 heteroatoms. The molecule has 0 saturated carbocycles. The van der Waals surface area contributed by atoms with Gasteiger partial charge < -0.3 is 9.94 Å². The van der Waals surface area contributed by atoms with Crippen molar-refractivity contribution in [2.45, 2.75) is 20.8 Å². The Bertz CT molecular complexity index is 504. The Balaban J connectivity index is 2.24. The molecule has 1 amide bonds. The number of nitrogens with zero attached hydrogens (tertiary/aromatic N) is 1. The number of hydrogen-bond acceptors (Lipinski definition) is 4. The van der Waals surface area contributed by atoms with Gasteiger partial charge >= 0.3 is 5.97 Å². The maximum atomic E-state index is 11.9. The van der Waals surface area contributed by atoms with Crippen LogP contribution < -0.4 is 0 Å². The van der Waals surface area contributed by atoms with Gasteiger partial charge in [-0.2, -0.15) is 0 Å². The summed E-state index contributed by atoms with van der Waals surface area (Å²) in [6.45, 7) is 5.00. The average Bonchev–Trinajstić information content (AvgIpc) is 2.54. The molecular weight excluding hydrogens is 234 g/mol. The zero-order valence-electron chi connectivity index (χ0n) is 10.4. The van der Waals surface area contributed by atoms with Crippen molar-refractivity contribution < 1.29 is 19.5 Å². The number of hydrogen-bond donors (Lipinski definition) is 1. The van der Waals surface area contributed by atoms with Crippen molar-refractivity contribution in [3.05, 3.63) is 41.6 Å². The predicted octanol–water partition coefficient (Wildman–Crippen LogP) is 1.86. The number of aliphatic hydroxyl groups excluding tert-OH is 1. The lowest BCUT2D eigenvalue weighted by Crippen LogP contribution is -2.36. The highest BCUT2D eigenvalue weighted by atomic mass is 16.7. The molecule has 0 unspecified atom stereocenters. The first-order valence-corrected chi connectivity index (χ1v) is 5.54. The van der Waals surface area contributed by atoms with Gasteiger partial charge in [0.25, 0.3) is 12.1 Å². The van der Waals surface area contributed by atoms with Gasteiger partial charge in [0.15, 0.2) is 0 Å². The average molecular weight is 248 g/mol.